The number of nitrogens with zero attached hydrogens (tertiary/aromatic N) is 2. The predicted molar refractivity (Wildman–Crippen MR) is 296 cm³/mol. The van der Waals surface area contributed by atoms with Crippen molar-refractivity contribution in [2.45, 2.75) is 186 Å². The van der Waals surface area contributed by atoms with Crippen molar-refractivity contribution in [1.82, 2.24) is 4.90 Å². The fourth-order valence-corrected chi connectivity index (χ4v) is 11.2. The maximum absolute atomic E-state index is 14.6. The zero-order chi connectivity index (χ0) is 57.4. The van der Waals surface area contributed by atoms with Gasteiger partial charge in [0.25, 0.3) is 11.7 Å². The number of ether oxygens (including phenoxy) is 8. The average Bonchev–Trinajstić information content (AvgIpc) is 3.46. The lowest BCUT2D eigenvalue weighted by Gasteiger charge is -2.43. The standard InChI is InChI=1S/C60H96N2O16/c1-12-26-73-27-28-74-29-30-75-31-32-76-61-54-43(6)33-39(2)18-14-13-15-19-40(3)51(70-9)37-47-23-21-45(8)60(69,78-47)57(66)58(67)62-25-17-16-20-48(62)59(68)77-52(42(5)35-46-22-24-49(63)53(36-46)71-10)38-50(64)41(4)34-44(7)55(65)56(54)72-11/h1,13-15,18-19,34,39,41-43,45-53,55-56,63-65,69H,16-17,20-33,35-38H2,2-11H3/b15-13+,18-14+,40-19+,44-34+,61-54+/t39-,41-,42-,43-,45-,46+,47+,48+,49-,50-,51+,52+,53-,55-,56+,60-/m1/s1. The van der Waals surface area contributed by atoms with E-state index in [9.17, 15) is 34.8 Å². The average molecular weight is 1100 g/mol. The third-order valence-corrected chi connectivity index (χ3v) is 16.1. The fraction of sp³-hybridized carbons (Fsp3) is 0.767. The Labute approximate surface area is 465 Å². The molecular weight excluding hydrogens is 1000 g/mol. The summed E-state index contributed by atoms with van der Waals surface area (Å²) in [5.74, 6) is -4.46. The normalized spacial score (nSPS) is 37.0. The molecule has 0 spiro atoms. The van der Waals surface area contributed by atoms with E-state index < -0.39 is 84.1 Å². The number of esters is 1. The quantitative estimate of drug-likeness (QED) is 0.0306. The summed E-state index contributed by atoms with van der Waals surface area (Å²) in [7, 11) is 4.68. The van der Waals surface area contributed by atoms with E-state index in [0.29, 0.717) is 95.5 Å². The molecular formula is C60H96N2O16. The zero-order valence-corrected chi connectivity index (χ0v) is 48.4. The molecule has 4 N–H and O–H groups in total. The first-order valence-corrected chi connectivity index (χ1v) is 28.4. The number of rotatable bonds is 17. The number of carbonyl (C=O) groups is 3. The van der Waals surface area contributed by atoms with Gasteiger partial charge in [0.1, 0.15) is 37.6 Å². The van der Waals surface area contributed by atoms with Gasteiger partial charge in [-0.3, -0.25) is 9.59 Å². The number of terminal acetylenes is 1. The Balaban J connectivity index is 1.69. The summed E-state index contributed by atoms with van der Waals surface area (Å²) in [6.45, 7) is 15.4. The summed E-state index contributed by atoms with van der Waals surface area (Å²) in [5.41, 5.74) is 1.89. The molecule has 2 saturated heterocycles. The van der Waals surface area contributed by atoms with Crippen LogP contribution in [0.3, 0.4) is 0 Å². The van der Waals surface area contributed by atoms with Crippen molar-refractivity contribution in [3.8, 4) is 12.3 Å². The highest BCUT2D eigenvalue weighted by Crippen LogP contribution is 2.38. The Bertz CT molecular complexity index is 2040. The van der Waals surface area contributed by atoms with Gasteiger partial charge in [-0.05, 0) is 107 Å². The van der Waals surface area contributed by atoms with Gasteiger partial charge in [-0.15, -0.1) is 6.42 Å². The third kappa shape index (κ3) is 20.3. The number of carbonyl (C=O) groups excluding carboxylic acids is 3. The van der Waals surface area contributed by atoms with E-state index in [1.807, 2.05) is 52.0 Å². The van der Waals surface area contributed by atoms with Crippen molar-refractivity contribution in [2.75, 3.05) is 74.1 Å². The summed E-state index contributed by atoms with van der Waals surface area (Å²) in [6.07, 6.45) is 16.6. The molecule has 0 aromatic carbocycles. The van der Waals surface area contributed by atoms with Crippen LogP contribution in [0.4, 0.5) is 0 Å². The summed E-state index contributed by atoms with van der Waals surface area (Å²) in [4.78, 5) is 50.4. The number of oxime groups is 1. The van der Waals surface area contributed by atoms with Crippen molar-refractivity contribution in [2.24, 2.45) is 40.7 Å². The van der Waals surface area contributed by atoms with Crippen molar-refractivity contribution in [3.63, 3.8) is 0 Å². The number of allylic oxidation sites excluding steroid dienone is 5. The van der Waals surface area contributed by atoms with Gasteiger partial charge >= 0.3 is 5.97 Å². The Hall–Kier alpha value is -3.84. The molecule has 18 heteroatoms. The minimum absolute atomic E-state index is 0.0151. The van der Waals surface area contributed by atoms with Gasteiger partial charge in [-0.25, -0.2) is 4.79 Å². The molecule has 0 radical (unpaired) electrons. The van der Waals surface area contributed by atoms with Crippen LogP contribution in [-0.2, 0) is 57.1 Å². The fourth-order valence-electron chi connectivity index (χ4n) is 11.2. The second-order valence-electron chi connectivity index (χ2n) is 22.2. The molecule has 3 aliphatic heterocycles. The topological polar surface area (TPSA) is 231 Å². The Morgan fingerprint density at radius 3 is 2.19 bits per heavy atom. The highest BCUT2D eigenvalue weighted by atomic mass is 16.6. The monoisotopic (exact) mass is 1100 g/mol. The van der Waals surface area contributed by atoms with Gasteiger partial charge in [0.05, 0.1) is 69.3 Å². The Kier molecular flexibility index (Phi) is 29.4. The van der Waals surface area contributed by atoms with E-state index in [-0.39, 0.29) is 69.0 Å². The number of cyclic esters (lactones) is 1. The largest absolute Gasteiger partial charge is 0.460 e. The Morgan fingerprint density at radius 1 is 0.808 bits per heavy atom. The summed E-state index contributed by atoms with van der Waals surface area (Å²) < 4.78 is 46.6. The lowest BCUT2D eigenvalue weighted by molar-refractivity contribution is -0.265. The van der Waals surface area contributed by atoms with Crippen LogP contribution in [0.15, 0.2) is 52.8 Å². The van der Waals surface area contributed by atoms with Crippen LogP contribution >= 0.6 is 0 Å². The summed E-state index contributed by atoms with van der Waals surface area (Å²) in [6, 6.07) is -1.12. The van der Waals surface area contributed by atoms with Gasteiger partial charge < -0.3 is 68.1 Å². The lowest BCUT2D eigenvalue weighted by atomic mass is 9.78. The van der Waals surface area contributed by atoms with Gasteiger partial charge in [0, 0.05) is 58.5 Å². The van der Waals surface area contributed by atoms with Crippen LogP contribution in [-0.4, -0.2) is 183 Å². The van der Waals surface area contributed by atoms with Gasteiger partial charge in [-0.2, -0.15) is 0 Å². The van der Waals surface area contributed by atoms with Crippen LogP contribution in [0, 0.1) is 47.9 Å². The second kappa shape index (κ2) is 34.4. The van der Waals surface area contributed by atoms with Crippen molar-refractivity contribution in [3.05, 3.63) is 47.6 Å². The number of methoxy groups -OCH3 is 3. The van der Waals surface area contributed by atoms with Crippen molar-refractivity contribution >= 4 is 23.4 Å². The molecule has 1 aliphatic carbocycles. The highest BCUT2D eigenvalue weighted by molar-refractivity contribution is 6.39. The van der Waals surface area contributed by atoms with E-state index in [1.165, 1.54) is 12.0 Å². The van der Waals surface area contributed by atoms with Crippen molar-refractivity contribution < 1.29 is 77.5 Å². The van der Waals surface area contributed by atoms with E-state index in [1.54, 1.807) is 34.1 Å². The first-order valence-electron chi connectivity index (χ1n) is 28.4. The minimum Gasteiger partial charge on any atom is -0.460 e. The van der Waals surface area contributed by atoms with Crippen LogP contribution in [0.2, 0.25) is 0 Å². The highest BCUT2D eigenvalue weighted by Gasteiger charge is 2.53. The molecule has 3 fully saturated rings. The number of aliphatic hydroxyl groups excluding tert-OH is 3. The number of hydrogen-bond acceptors (Lipinski definition) is 17. The molecule has 0 aromatic rings. The lowest BCUT2D eigenvalue weighted by Crippen LogP contribution is -2.61. The SMILES string of the molecule is C#CCOCCOCCOCCO/N=C1\[C@H](C)C[C@H](C)/C=C/C=C/C=C(\C)[C@@H](OC)C[C@@H]2CC[C@@H](C)[C@@](O)(O2)C(=O)C(=O)N2CCCC[C@H]2C(=O)O[C@H]([C@H](C)C[C@@H]2CC[C@@H](O)[C@H](OC)C2)C[C@@H](O)[C@H](C)/C=C(\C)[C@@H](O)[C@H]1OC. The molecule has 3 heterocycles. The van der Waals surface area contributed by atoms with Crippen LogP contribution in [0.25, 0.3) is 0 Å². The number of ketones is 1. The Morgan fingerprint density at radius 2 is 1.51 bits per heavy atom. The summed E-state index contributed by atoms with van der Waals surface area (Å²) >= 11 is 0. The first kappa shape index (κ1) is 66.7. The molecule has 78 heavy (non-hydrogen) atoms. The predicted octanol–water partition coefficient (Wildman–Crippen LogP) is 6.46. The van der Waals surface area contributed by atoms with Gasteiger partial charge in [0.15, 0.2) is 0 Å². The number of fused-ring (bicyclic) bond motifs is 3. The number of Topliss-reactive ketones (excluding diaryl/α,β-unsaturated/α-hetero) is 1. The molecule has 4 aliphatic rings. The number of amides is 1. The van der Waals surface area contributed by atoms with E-state index in [4.69, 9.17) is 49.2 Å². The maximum atomic E-state index is 14.6. The molecule has 2 bridgehead atoms. The summed E-state index contributed by atoms with van der Waals surface area (Å²) in [5, 5.41) is 51.3. The second-order valence-corrected chi connectivity index (χ2v) is 22.2. The van der Waals surface area contributed by atoms with Crippen LogP contribution < -0.4 is 0 Å². The van der Waals surface area contributed by atoms with Crippen LogP contribution in [0.5, 0.6) is 0 Å². The molecule has 4 rings (SSSR count). The molecule has 0 aromatic heterocycles. The van der Waals surface area contributed by atoms with Crippen molar-refractivity contribution in [1.29, 1.82) is 0 Å². The molecule has 1 amide bonds. The van der Waals surface area contributed by atoms with Crippen LogP contribution in [0.1, 0.15) is 126 Å². The molecule has 16 atom stereocenters. The van der Waals surface area contributed by atoms with E-state index in [2.05, 4.69) is 24.1 Å². The zero-order valence-electron chi connectivity index (χ0n) is 48.4. The van der Waals surface area contributed by atoms with E-state index in [0.717, 1.165) is 12.0 Å². The minimum atomic E-state index is -2.43. The van der Waals surface area contributed by atoms with E-state index >= 15 is 0 Å². The number of aliphatic hydroxyl groups is 4. The van der Waals surface area contributed by atoms with Gasteiger partial charge in [0.2, 0.25) is 5.79 Å². The number of hydrogen-bond donors (Lipinski definition) is 4. The van der Waals surface area contributed by atoms with Gasteiger partial charge in [-0.1, -0.05) is 82.2 Å². The number of piperidine rings is 1. The smallest absolute Gasteiger partial charge is 0.329 e. The molecule has 442 valence electrons. The molecule has 1 saturated carbocycles. The molecule has 18 nitrogen and oxygen atoms in total. The maximum Gasteiger partial charge on any atom is 0.329 e. The third-order valence-electron chi connectivity index (χ3n) is 16.1. The first-order chi connectivity index (χ1) is 37.3. The molecule has 0 unspecified atom stereocenters.